The predicted molar refractivity (Wildman–Crippen MR) is 119 cm³/mol. The topological polar surface area (TPSA) is 66.9 Å². The van der Waals surface area contributed by atoms with Gasteiger partial charge in [0.05, 0.1) is 11.1 Å². The maximum absolute atomic E-state index is 13.0. The lowest BCUT2D eigenvalue weighted by molar-refractivity contribution is -0.139. The summed E-state index contributed by atoms with van der Waals surface area (Å²) in [6.45, 7) is 3.41. The summed E-state index contributed by atoms with van der Waals surface area (Å²) in [4.78, 5) is 41.9. The molecule has 0 unspecified atom stereocenters. The lowest BCUT2D eigenvalue weighted by Crippen LogP contribution is -2.40. The molecule has 0 saturated carbocycles. The summed E-state index contributed by atoms with van der Waals surface area (Å²) in [7, 11) is 1.70. The SMILES string of the molecule is C[C@@H](OC(=O)c1ccccc1C(=O)N(C)Cc1ccccc1)C(=O)N1CCCCCC1. The van der Waals surface area contributed by atoms with Crippen LogP contribution in [0.5, 0.6) is 0 Å². The summed E-state index contributed by atoms with van der Waals surface area (Å²) in [6.07, 6.45) is 3.28. The normalized spacial score (nSPS) is 15.0. The van der Waals surface area contributed by atoms with Crippen LogP contribution >= 0.6 is 0 Å². The van der Waals surface area contributed by atoms with Gasteiger partial charge < -0.3 is 14.5 Å². The highest BCUT2D eigenvalue weighted by Crippen LogP contribution is 2.17. The fraction of sp³-hybridized carbons (Fsp3) is 0.400. The molecule has 0 spiro atoms. The number of carbonyl (C=O) groups excluding carboxylic acids is 3. The van der Waals surface area contributed by atoms with E-state index in [0.717, 1.165) is 31.2 Å². The Hall–Kier alpha value is -3.15. The van der Waals surface area contributed by atoms with Crippen molar-refractivity contribution in [3.63, 3.8) is 0 Å². The van der Waals surface area contributed by atoms with Gasteiger partial charge in [-0.15, -0.1) is 0 Å². The number of benzene rings is 2. The van der Waals surface area contributed by atoms with Crippen LogP contribution in [0.15, 0.2) is 54.6 Å². The Bertz CT molecular complexity index is 905. The Morgan fingerprint density at radius 3 is 2.13 bits per heavy atom. The zero-order valence-corrected chi connectivity index (χ0v) is 18.3. The molecular formula is C25H30N2O4. The molecule has 3 rings (SSSR count). The first-order valence-corrected chi connectivity index (χ1v) is 10.9. The molecule has 1 aliphatic rings. The van der Waals surface area contributed by atoms with Crippen molar-refractivity contribution in [1.29, 1.82) is 0 Å². The van der Waals surface area contributed by atoms with Gasteiger partial charge in [-0.1, -0.05) is 55.3 Å². The molecule has 6 nitrogen and oxygen atoms in total. The average Bonchev–Trinajstić information content (AvgIpc) is 3.08. The fourth-order valence-corrected chi connectivity index (χ4v) is 3.80. The van der Waals surface area contributed by atoms with Crippen LogP contribution in [0.2, 0.25) is 0 Å². The minimum Gasteiger partial charge on any atom is -0.449 e. The number of hydrogen-bond donors (Lipinski definition) is 0. The van der Waals surface area contributed by atoms with E-state index in [1.807, 2.05) is 30.3 Å². The third-order valence-electron chi connectivity index (χ3n) is 5.54. The molecule has 2 aromatic carbocycles. The van der Waals surface area contributed by atoms with Gasteiger partial charge in [0, 0.05) is 26.7 Å². The van der Waals surface area contributed by atoms with Crippen molar-refractivity contribution in [2.45, 2.75) is 45.3 Å². The Morgan fingerprint density at radius 1 is 0.903 bits per heavy atom. The summed E-state index contributed by atoms with van der Waals surface area (Å²) in [5.74, 6) is -1.11. The molecule has 31 heavy (non-hydrogen) atoms. The maximum atomic E-state index is 13.0. The molecule has 0 bridgehead atoms. The van der Waals surface area contributed by atoms with Gasteiger partial charge in [0.1, 0.15) is 0 Å². The summed E-state index contributed by atoms with van der Waals surface area (Å²) in [5.41, 5.74) is 1.43. The first-order valence-electron chi connectivity index (χ1n) is 10.9. The van der Waals surface area contributed by atoms with Gasteiger partial charge in [-0.2, -0.15) is 0 Å². The van der Waals surface area contributed by atoms with Crippen molar-refractivity contribution in [2.75, 3.05) is 20.1 Å². The number of carbonyl (C=O) groups is 3. The van der Waals surface area contributed by atoms with E-state index in [1.54, 1.807) is 48.0 Å². The van der Waals surface area contributed by atoms with Crippen LogP contribution in [0.4, 0.5) is 0 Å². The minimum atomic E-state index is -0.893. The lowest BCUT2D eigenvalue weighted by Gasteiger charge is -2.24. The first kappa shape index (κ1) is 22.5. The van der Waals surface area contributed by atoms with E-state index >= 15 is 0 Å². The van der Waals surface area contributed by atoms with Crippen LogP contribution < -0.4 is 0 Å². The number of nitrogens with zero attached hydrogens (tertiary/aromatic N) is 2. The number of ether oxygens (including phenoxy) is 1. The van der Waals surface area contributed by atoms with Crippen LogP contribution in [-0.2, 0) is 16.1 Å². The van der Waals surface area contributed by atoms with Crippen LogP contribution in [0.25, 0.3) is 0 Å². The van der Waals surface area contributed by atoms with Crippen LogP contribution in [0.3, 0.4) is 0 Å². The van der Waals surface area contributed by atoms with E-state index in [0.29, 0.717) is 19.6 Å². The number of amides is 2. The molecule has 2 aromatic rings. The molecule has 0 N–H and O–H groups in total. The highest BCUT2D eigenvalue weighted by Gasteiger charge is 2.27. The van der Waals surface area contributed by atoms with Crippen LogP contribution in [-0.4, -0.2) is 53.8 Å². The smallest absolute Gasteiger partial charge is 0.339 e. The third kappa shape index (κ3) is 5.94. The molecule has 1 saturated heterocycles. The molecule has 0 radical (unpaired) electrons. The molecule has 0 aliphatic carbocycles. The summed E-state index contributed by atoms with van der Waals surface area (Å²) < 4.78 is 5.48. The third-order valence-corrected chi connectivity index (χ3v) is 5.54. The second-order valence-electron chi connectivity index (χ2n) is 7.98. The zero-order valence-electron chi connectivity index (χ0n) is 18.3. The second kappa shape index (κ2) is 10.8. The first-order chi connectivity index (χ1) is 15.0. The summed E-state index contributed by atoms with van der Waals surface area (Å²) in [5, 5.41) is 0. The molecule has 1 aliphatic heterocycles. The Balaban J connectivity index is 1.69. The molecule has 1 heterocycles. The highest BCUT2D eigenvalue weighted by atomic mass is 16.5. The van der Waals surface area contributed by atoms with E-state index in [9.17, 15) is 14.4 Å². The Labute approximate surface area is 183 Å². The molecule has 2 amide bonds. The van der Waals surface area contributed by atoms with Gasteiger partial charge in [-0.3, -0.25) is 9.59 Å². The molecule has 6 heteroatoms. The zero-order chi connectivity index (χ0) is 22.2. The maximum Gasteiger partial charge on any atom is 0.339 e. The molecule has 1 fully saturated rings. The summed E-state index contributed by atoms with van der Waals surface area (Å²) in [6, 6.07) is 16.2. The quantitative estimate of drug-likeness (QED) is 0.662. The van der Waals surface area contributed by atoms with Gasteiger partial charge >= 0.3 is 5.97 Å². The van der Waals surface area contributed by atoms with Crippen molar-refractivity contribution >= 4 is 17.8 Å². The second-order valence-corrected chi connectivity index (χ2v) is 7.98. The van der Waals surface area contributed by atoms with Crippen molar-refractivity contribution < 1.29 is 19.1 Å². The molecular weight excluding hydrogens is 392 g/mol. The standard InChI is InChI=1S/C25H30N2O4/c1-19(23(28)27-16-10-3-4-11-17-27)31-25(30)22-15-9-8-14-21(22)24(29)26(2)18-20-12-6-5-7-13-20/h5-9,12-15,19H,3-4,10-11,16-18H2,1-2H3/t19-/m1/s1. The minimum absolute atomic E-state index is 0.169. The highest BCUT2D eigenvalue weighted by molar-refractivity contribution is 6.05. The van der Waals surface area contributed by atoms with Gasteiger partial charge in [-0.25, -0.2) is 4.79 Å². The van der Waals surface area contributed by atoms with Crippen LogP contribution in [0, 0.1) is 0 Å². The number of esters is 1. The van der Waals surface area contributed by atoms with E-state index in [1.165, 1.54) is 0 Å². The van der Waals surface area contributed by atoms with E-state index < -0.39 is 12.1 Å². The lowest BCUT2D eigenvalue weighted by atomic mass is 10.1. The van der Waals surface area contributed by atoms with E-state index in [4.69, 9.17) is 4.74 Å². The van der Waals surface area contributed by atoms with E-state index in [-0.39, 0.29) is 22.9 Å². The number of hydrogen-bond acceptors (Lipinski definition) is 4. The monoisotopic (exact) mass is 422 g/mol. The molecule has 1 atom stereocenters. The van der Waals surface area contributed by atoms with Crippen molar-refractivity contribution in [3.8, 4) is 0 Å². The predicted octanol–water partition coefficient (Wildman–Crippen LogP) is 3.91. The largest absolute Gasteiger partial charge is 0.449 e. The summed E-state index contributed by atoms with van der Waals surface area (Å²) >= 11 is 0. The van der Waals surface area contributed by atoms with Gasteiger partial charge in [0.15, 0.2) is 6.10 Å². The van der Waals surface area contributed by atoms with Crippen molar-refractivity contribution in [1.82, 2.24) is 9.80 Å². The van der Waals surface area contributed by atoms with Crippen molar-refractivity contribution in [3.05, 3.63) is 71.3 Å². The van der Waals surface area contributed by atoms with Crippen LogP contribution in [0.1, 0.15) is 58.9 Å². The molecule has 164 valence electrons. The number of likely N-dealkylation sites (tertiary alicyclic amines) is 1. The fourth-order valence-electron chi connectivity index (χ4n) is 3.80. The van der Waals surface area contributed by atoms with Crippen molar-refractivity contribution in [2.24, 2.45) is 0 Å². The van der Waals surface area contributed by atoms with E-state index in [2.05, 4.69) is 0 Å². The Kier molecular flexibility index (Phi) is 7.82. The molecule has 0 aromatic heterocycles. The van der Waals surface area contributed by atoms with Gasteiger partial charge in [0.25, 0.3) is 11.8 Å². The Morgan fingerprint density at radius 2 is 1.48 bits per heavy atom. The average molecular weight is 423 g/mol. The van der Waals surface area contributed by atoms with Gasteiger partial charge in [0.2, 0.25) is 0 Å². The number of rotatable bonds is 6. The van der Waals surface area contributed by atoms with Gasteiger partial charge in [-0.05, 0) is 37.5 Å².